The van der Waals surface area contributed by atoms with Crippen molar-refractivity contribution in [3.8, 4) is 0 Å². The number of H-pyrrole nitrogens is 1. The lowest BCUT2D eigenvalue weighted by atomic mass is 9.82. The molecule has 1 aliphatic heterocycles. The summed E-state index contributed by atoms with van der Waals surface area (Å²) in [5.41, 5.74) is 4.59. The van der Waals surface area contributed by atoms with E-state index in [1.54, 1.807) is 89.5 Å². The van der Waals surface area contributed by atoms with Gasteiger partial charge in [-0.15, -0.1) is 0 Å². The molecule has 2 atom stereocenters. The van der Waals surface area contributed by atoms with Crippen molar-refractivity contribution >= 4 is 58.5 Å². The number of aromatic nitrogens is 4. The van der Waals surface area contributed by atoms with Gasteiger partial charge in [-0.25, -0.2) is 4.79 Å². The molecule has 4 N–H and O–H groups in total. The van der Waals surface area contributed by atoms with E-state index in [-0.39, 0.29) is 23.5 Å². The minimum Gasteiger partial charge on any atom is -0.465 e. The van der Waals surface area contributed by atoms with Gasteiger partial charge >= 0.3 is 5.97 Å². The fourth-order valence-electron chi connectivity index (χ4n) is 7.46. The van der Waals surface area contributed by atoms with Gasteiger partial charge in [0.2, 0.25) is 11.7 Å². The fraction of sp³-hybridized carbons (Fsp3) is 0.278. The van der Waals surface area contributed by atoms with Crippen molar-refractivity contribution in [3.63, 3.8) is 0 Å². The molecule has 262 valence electrons. The molecule has 5 heterocycles. The van der Waals surface area contributed by atoms with Crippen LogP contribution in [0.25, 0.3) is 6.08 Å². The van der Waals surface area contributed by atoms with Crippen LogP contribution in [0.3, 0.4) is 0 Å². The van der Waals surface area contributed by atoms with Crippen molar-refractivity contribution in [1.29, 1.82) is 0 Å². The molecule has 51 heavy (non-hydrogen) atoms. The summed E-state index contributed by atoms with van der Waals surface area (Å²) in [6.07, 6.45) is 10.3. The van der Waals surface area contributed by atoms with Crippen LogP contribution in [0.4, 0.5) is 17.1 Å². The molecule has 4 aromatic rings. The molecule has 4 aromatic heterocycles. The zero-order chi connectivity index (χ0) is 36.5. The van der Waals surface area contributed by atoms with Gasteiger partial charge in [-0.3, -0.25) is 24.0 Å². The van der Waals surface area contributed by atoms with E-state index in [1.807, 2.05) is 0 Å². The second-order valence-electron chi connectivity index (χ2n) is 13.2. The number of nitrogens with one attached hydrogen (secondary N) is 4. The van der Waals surface area contributed by atoms with Gasteiger partial charge in [0, 0.05) is 93.4 Å². The van der Waals surface area contributed by atoms with Gasteiger partial charge < -0.3 is 44.3 Å². The van der Waals surface area contributed by atoms with Crippen LogP contribution in [-0.4, -0.2) is 72.6 Å². The average Bonchev–Trinajstić information content (AvgIpc) is 3.54. The Morgan fingerprint density at radius 3 is 2.10 bits per heavy atom. The van der Waals surface area contributed by atoms with Crippen LogP contribution < -0.4 is 16.0 Å². The number of nitrogens with zero attached hydrogens (tertiary/aromatic N) is 4. The molecule has 0 radical (unpaired) electrons. The number of ketones is 1. The Morgan fingerprint density at radius 2 is 1.49 bits per heavy atom. The number of aromatic amines is 1. The van der Waals surface area contributed by atoms with Gasteiger partial charge in [0.05, 0.1) is 35.4 Å². The largest absolute Gasteiger partial charge is 0.465 e. The molecule has 0 bridgehead atoms. The number of carbonyl (C=O) groups is 6. The number of methoxy groups -OCH3 is 1. The van der Waals surface area contributed by atoms with Gasteiger partial charge in [-0.2, -0.15) is 0 Å². The van der Waals surface area contributed by atoms with Crippen LogP contribution in [0.1, 0.15) is 72.1 Å². The second kappa shape index (κ2) is 11.9. The third-order valence-corrected chi connectivity index (χ3v) is 9.81. The van der Waals surface area contributed by atoms with Crippen LogP contribution in [0.15, 0.2) is 54.6 Å². The first kappa shape index (κ1) is 33.1. The second-order valence-corrected chi connectivity index (χ2v) is 13.2. The number of aryl methyl sites for hydroxylation is 4. The van der Waals surface area contributed by atoms with Gasteiger partial charge in [0.1, 0.15) is 11.4 Å². The fourth-order valence-corrected chi connectivity index (χ4v) is 7.46. The Balaban J connectivity index is 1.02. The first-order valence-corrected chi connectivity index (χ1v) is 16.2. The maximum absolute atomic E-state index is 13.5. The summed E-state index contributed by atoms with van der Waals surface area (Å²) in [5, 5.41) is 8.29. The summed E-state index contributed by atoms with van der Waals surface area (Å²) in [7, 11) is 6.46. The number of carbonyl (C=O) groups excluding carboxylic acids is 6. The first-order chi connectivity index (χ1) is 24.2. The highest BCUT2D eigenvalue weighted by Crippen LogP contribution is 2.67. The first-order valence-electron chi connectivity index (χ1n) is 16.2. The van der Waals surface area contributed by atoms with Gasteiger partial charge in [0.15, 0.2) is 0 Å². The Labute approximate surface area is 291 Å². The Kier molecular flexibility index (Phi) is 7.73. The van der Waals surface area contributed by atoms with Crippen molar-refractivity contribution in [1.82, 2.24) is 23.6 Å². The monoisotopic (exact) mass is 692 g/mol. The molecule has 2 aliphatic carbocycles. The molecule has 1 saturated heterocycles. The van der Waals surface area contributed by atoms with E-state index in [0.717, 1.165) is 6.42 Å². The van der Waals surface area contributed by atoms with Crippen LogP contribution in [0.2, 0.25) is 0 Å². The van der Waals surface area contributed by atoms with Crippen molar-refractivity contribution in [2.75, 3.05) is 29.6 Å². The van der Waals surface area contributed by atoms with Crippen molar-refractivity contribution in [2.24, 2.45) is 27.1 Å². The van der Waals surface area contributed by atoms with Crippen LogP contribution in [0.5, 0.6) is 0 Å². The van der Waals surface area contributed by atoms with E-state index in [9.17, 15) is 28.8 Å². The molecule has 1 spiro atoms. The van der Waals surface area contributed by atoms with Crippen LogP contribution in [0, 0.1) is 12.8 Å². The number of fused-ring (bicyclic) bond motifs is 1. The number of hydrogen-bond donors (Lipinski definition) is 4. The Bertz CT molecular complexity index is 2280. The maximum Gasteiger partial charge on any atom is 0.340 e. The summed E-state index contributed by atoms with van der Waals surface area (Å²) >= 11 is 0. The minimum absolute atomic E-state index is 0.0794. The Morgan fingerprint density at radius 1 is 0.902 bits per heavy atom. The predicted octanol–water partition coefficient (Wildman–Crippen LogP) is 3.48. The molecule has 4 amide bonds. The van der Waals surface area contributed by atoms with E-state index in [0.29, 0.717) is 68.9 Å². The smallest absolute Gasteiger partial charge is 0.340 e. The number of amides is 4. The van der Waals surface area contributed by atoms with Gasteiger partial charge in [-0.05, 0) is 43.5 Å². The highest BCUT2D eigenvalue weighted by atomic mass is 16.5. The van der Waals surface area contributed by atoms with Crippen molar-refractivity contribution < 1.29 is 33.5 Å². The molecular weight excluding hydrogens is 656 g/mol. The average molecular weight is 693 g/mol. The lowest BCUT2D eigenvalue weighted by molar-refractivity contribution is -0.124. The van der Waals surface area contributed by atoms with E-state index < -0.39 is 23.2 Å². The van der Waals surface area contributed by atoms with Crippen LogP contribution in [-0.2, 0) is 40.9 Å². The number of rotatable bonds is 8. The molecular formula is C36H36N8O7. The molecule has 7 rings (SSSR count). The lowest BCUT2D eigenvalue weighted by Gasteiger charge is -2.27. The summed E-state index contributed by atoms with van der Waals surface area (Å²) in [6.45, 7) is 3.54. The highest BCUT2D eigenvalue weighted by molar-refractivity contribution is 6.12. The van der Waals surface area contributed by atoms with Gasteiger partial charge in [0.25, 0.3) is 17.7 Å². The number of allylic oxidation sites excluding steroid dienone is 2. The summed E-state index contributed by atoms with van der Waals surface area (Å²) < 4.78 is 9.96. The number of piperidine rings is 1. The third-order valence-electron chi connectivity index (χ3n) is 9.81. The quantitative estimate of drug-likeness (QED) is 0.161. The number of hydrogen-bond acceptors (Lipinski definition) is 7. The molecule has 1 unspecified atom stereocenters. The SMILES string of the molecule is COC(=O)c1c(C)[nH]c2c1[C@@]13CC1CN(C(=O)C=Cc1cc(NC(=O)c4cc(NC(=O)c5cc(NC(C)=O)cn5C)cn4C)cn1C)C3=CC2=O. The number of likely N-dealkylation sites (tertiary alicyclic amines) is 1. The Hall–Kier alpha value is -6.38. The molecule has 15 nitrogen and oxygen atoms in total. The standard InChI is InChI=1S/C36H36N8O7/c1-18-30(35(50)51-6)31-32(37-18)27(46)12-28-36(31)13-20(36)14-44(28)29(47)8-7-24-9-21(15-41(24)3)39-33(48)26-11-23(17-43(26)5)40-34(49)25-10-22(16-42(25)4)38-19(2)45/h7-12,15-17,20,37H,13-14H2,1-6H3,(H,38,45)(H,39,48)(H,40,49)/t20?,36-/m0/s1. The normalized spacial score (nSPS) is 18.5. The number of anilines is 3. The minimum atomic E-state index is -0.582. The van der Waals surface area contributed by atoms with Crippen molar-refractivity contribution in [3.05, 3.63) is 94.2 Å². The topological polar surface area (TPSA) is 182 Å². The molecule has 15 heteroatoms. The molecule has 0 aromatic carbocycles. The van der Waals surface area contributed by atoms with Crippen molar-refractivity contribution in [2.45, 2.75) is 25.7 Å². The van der Waals surface area contributed by atoms with E-state index >= 15 is 0 Å². The summed E-state index contributed by atoms with van der Waals surface area (Å²) in [5.74, 6) is -2.11. The number of esters is 1. The van der Waals surface area contributed by atoms with Gasteiger partial charge in [-0.1, -0.05) is 0 Å². The predicted molar refractivity (Wildman–Crippen MR) is 186 cm³/mol. The van der Waals surface area contributed by atoms with Crippen LogP contribution >= 0.6 is 0 Å². The maximum atomic E-state index is 13.5. The molecule has 2 fully saturated rings. The summed E-state index contributed by atoms with van der Waals surface area (Å²) in [6, 6.07) is 4.83. The highest BCUT2D eigenvalue weighted by Gasteiger charge is 2.68. The van der Waals surface area contributed by atoms with E-state index in [1.165, 1.54) is 26.2 Å². The third kappa shape index (κ3) is 5.46. The number of ether oxygens (including phenoxy) is 1. The zero-order valence-electron chi connectivity index (χ0n) is 28.8. The molecule has 3 aliphatic rings. The van der Waals surface area contributed by atoms with E-state index in [2.05, 4.69) is 20.9 Å². The summed E-state index contributed by atoms with van der Waals surface area (Å²) in [4.78, 5) is 81.6. The van der Waals surface area contributed by atoms with E-state index in [4.69, 9.17) is 4.74 Å². The lowest BCUT2D eigenvalue weighted by Crippen LogP contribution is -2.33. The molecule has 1 saturated carbocycles. The zero-order valence-corrected chi connectivity index (χ0v) is 28.8.